The summed E-state index contributed by atoms with van der Waals surface area (Å²) >= 11 is 0. The smallest absolute Gasteiger partial charge is 0.252 e. The topological polar surface area (TPSA) is 69.2 Å². The number of anilines is 1. The molecule has 0 spiro atoms. The van der Waals surface area contributed by atoms with Crippen LogP contribution >= 0.6 is 0 Å². The molecule has 0 aliphatic rings. The van der Waals surface area contributed by atoms with Gasteiger partial charge in [-0.3, -0.25) is 4.79 Å². The molecule has 0 aliphatic carbocycles. The highest BCUT2D eigenvalue weighted by molar-refractivity contribution is 5.34. The number of H-pyrrole nitrogens is 1. The summed E-state index contributed by atoms with van der Waals surface area (Å²) < 4.78 is 0. The number of rotatable bonds is 6. The summed E-state index contributed by atoms with van der Waals surface area (Å²) in [7, 11) is 1.90. The fourth-order valence-electron chi connectivity index (χ4n) is 1.32. The minimum Gasteiger partial charge on any atom is -0.396 e. The third-order valence-corrected chi connectivity index (χ3v) is 2.21. The van der Waals surface area contributed by atoms with E-state index in [0.717, 1.165) is 25.8 Å². The summed E-state index contributed by atoms with van der Waals surface area (Å²) in [4.78, 5) is 19.5. The molecule has 1 aromatic rings. The maximum Gasteiger partial charge on any atom is 0.252 e. The van der Waals surface area contributed by atoms with E-state index in [0.29, 0.717) is 5.82 Å². The molecule has 0 aliphatic heterocycles. The van der Waals surface area contributed by atoms with Crippen LogP contribution in [-0.4, -0.2) is 35.3 Å². The van der Waals surface area contributed by atoms with Gasteiger partial charge in [0.15, 0.2) is 0 Å². The molecule has 0 amide bonds. The van der Waals surface area contributed by atoms with Gasteiger partial charge in [0.05, 0.1) is 6.33 Å². The first-order valence-electron chi connectivity index (χ1n) is 5.11. The quantitative estimate of drug-likeness (QED) is 0.667. The second kappa shape index (κ2) is 6.19. The van der Waals surface area contributed by atoms with Crippen LogP contribution < -0.4 is 10.5 Å². The number of nitrogens with zero attached hydrogens (tertiary/aromatic N) is 2. The second-order valence-corrected chi connectivity index (χ2v) is 3.48. The van der Waals surface area contributed by atoms with Crippen LogP contribution in [0.4, 0.5) is 5.82 Å². The Kier molecular flexibility index (Phi) is 4.83. The number of hydrogen-bond acceptors (Lipinski definition) is 4. The lowest BCUT2D eigenvalue weighted by atomic mass is 10.2. The van der Waals surface area contributed by atoms with Gasteiger partial charge in [0, 0.05) is 26.3 Å². The summed E-state index contributed by atoms with van der Waals surface area (Å²) in [6, 6.07) is 1.48. The fourth-order valence-corrected chi connectivity index (χ4v) is 1.32. The van der Waals surface area contributed by atoms with Crippen LogP contribution in [0, 0.1) is 0 Å². The molecule has 84 valence electrons. The van der Waals surface area contributed by atoms with Gasteiger partial charge in [0.2, 0.25) is 0 Å². The molecule has 0 fully saturated rings. The first-order valence-corrected chi connectivity index (χ1v) is 5.11. The molecule has 0 aromatic carbocycles. The molecule has 5 heteroatoms. The van der Waals surface area contributed by atoms with Crippen LogP contribution in [0.3, 0.4) is 0 Å². The number of aromatic nitrogens is 2. The number of aliphatic hydroxyl groups excluding tert-OH is 1. The zero-order valence-electron chi connectivity index (χ0n) is 8.94. The fraction of sp³-hybridized carbons (Fsp3) is 0.600. The average Bonchev–Trinajstić information content (AvgIpc) is 2.24. The summed E-state index contributed by atoms with van der Waals surface area (Å²) in [5.74, 6) is 0.683. The van der Waals surface area contributed by atoms with Gasteiger partial charge in [0.1, 0.15) is 5.82 Å². The lowest BCUT2D eigenvalue weighted by molar-refractivity contribution is 0.283. The Labute approximate surface area is 88.8 Å². The van der Waals surface area contributed by atoms with Gasteiger partial charge >= 0.3 is 0 Å². The van der Waals surface area contributed by atoms with Gasteiger partial charge in [-0.1, -0.05) is 0 Å². The minimum absolute atomic E-state index is 0.137. The monoisotopic (exact) mass is 211 g/mol. The van der Waals surface area contributed by atoms with E-state index < -0.39 is 0 Å². The van der Waals surface area contributed by atoms with Crippen LogP contribution in [-0.2, 0) is 0 Å². The Morgan fingerprint density at radius 2 is 2.27 bits per heavy atom. The normalized spacial score (nSPS) is 10.3. The van der Waals surface area contributed by atoms with Gasteiger partial charge < -0.3 is 15.0 Å². The third kappa shape index (κ3) is 4.12. The average molecular weight is 211 g/mol. The van der Waals surface area contributed by atoms with Crippen LogP contribution in [0.25, 0.3) is 0 Å². The van der Waals surface area contributed by atoms with Crippen molar-refractivity contribution in [2.24, 2.45) is 0 Å². The first kappa shape index (κ1) is 11.7. The van der Waals surface area contributed by atoms with Crippen molar-refractivity contribution in [2.45, 2.75) is 19.3 Å². The lowest BCUT2D eigenvalue weighted by Crippen LogP contribution is -2.21. The standard InChI is InChI=1S/C10H17N3O2/c1-13(5-3-2-4-6-14)9-7-10(15)12-8-11-9/h7-8,14H,2-6H2,1H3,(H,11,12,15). The molecule has 15 heavy (non-hydrogen) atoms. The van der Waals surface area contributed by atoms with Crippen molar-refractivity contribution in [1.82, 2.24) is 9.97 Å². The molecule has 0 bridgehead atoms. The molecule has 0 saturated carbocycles. The van der Waals surface area contributed by atoms with Crippen molar-refractivity contribution < 1.29 is 5.11 Å². The van der Waals surface area contributed by atoms with Crippen LogP contribution in [0.5, 0.6) is 0 Å². The van der Waals surface area contributed by atoms with Crippen molar-refractivity contribution in [3.05, 3.63) is 22.7 Å². The van der Waals surface area contributed by atoms with Crippen LogP contribution in [0.2, 0.25) is 0 Å². The number of aliphatic hydroxyl groups is 1. The minimum atomic E-state index is -0.137. The summed E-state index contributed by atoms with van der Waals surface area (Å²) in [5.41, 5.74) is -0.137. The van der Waals surface area contributed by atoms with E-state index in [1.54, 1.807) is 0 Å². The Balaban J connectivity index is 2.40. The Bertz CT molecular complexity index is 337. The highest BCUT2D eigenvalue weighted by Crippen LogP contribution is 2.05. The molecule has 1 heterocycles. The molecule has 1 aromatic heterocycles. The van der Waals surface area contributed by atoms with Gasteiger partial charge in [-0.2, -0.15) is 0 Å². The largest absolute Gasteiger partial charge is 0.396 e. The molecule has 2 N–H and O–H groups in total. The molecule has 0 saturated heterocycles. The number of unbranched alkanes of at least 4 members (excludes halogenated alkanes) is 2. The number of hydrogen-bond donors (Lipinski definition) is 2. The maximum absolute atomic E-state index is 11.0. The lowest BCUT2D eigenvalue weighted by Gasteiger charge is -2.16. The van der Waals surface area contributed by atoms with E-state index in [1.807, 2.05) is 11.9 Å². The predicted octanol–water partition coefficient (Wildman–Crippen LogP) is 0.369. The van der Waals surface area contributed by atoms with Gasteiger partial charge in [-0.05, 0) is 19.3 Å². The summed E-state index contributed by atoms with van der Waals surface area (Å²) in [6.45, 7) is 1.09. The van der Waals surface area contributed by atoms with E-state index in [9.17, 15) is 4.79 Å². The molecule has 1 rings (SSSR count). The molecule has 0 atom stereocenters. The summed E-state index contributed by atoms with van der Waals surface area (Å²) in [6.07, 6.45) is 4.22. The number of aromatic amines is 1. The van der Waals surface area contributed by atoms with Gasteiger partial charge in [0.25, 0.3) is 5.56 Å². The predicted molar refractivity (Wildman–Crippen MR) is 59.1 cm³/mol. The molecule has 0 unspecified atom stereocenters. The second-order valence-electron chi connectivity index (χ2n) is 3.48. The zero-order valence-corrected chi connectivity index (χ0v) is 8.94. The molecular weight excluding hydrogens is 194 g/mol. The number of nitrogens with one attached hydrogen (secondary N) is 1. The van der Waals surface area contributed by atoms with Crippen LogP contribution in [0.1, 0.15) is 19.3 Å². The molecular formula is C10H17N3O2. The van der Waals surface area contributed by atoms with Gasteiger partial charge in [-0.25, -0.2) is 4.98 Å². The van der Waals surface area contributed by atoms with Gasteiger partial charge in [-0.15, -0.1) is 0 Å². The van der Waals surface area contributed by atoms with E-state index in [-0.39, 0.29) is 12.2 Å². The van der Waals surface area contributed by atoms with Crippen molar-refractivity contribution >= 4 is 5.82 Å². The van der Waals surface area contributed by atoms with Crippen molar-refractivity contribution in [2.75, 3.05) is 25.1 Å². The van der Waals surface area contributed by atoms with Crippen molar-refractivity contribution in [3.63, 3.8) is 0 Å². The highest BCUT2D eigenvalue weighted by Gasteiger charge is 2.01. The first-order chi connectivity index (χ1) is 7.24. The van der Waals surface area contributed by atoms with Crippen molar-refractivity contribution in [3.8, 4) is 0 Å². The van der Waals surface area contributed by atoms with Crippen LogP contribution in [0.15, 0.2) is 17.2 Å². The molecule has 0 radical (unpaired) electrons. The maximum atomic E-state index is 11.0. The summed E-state index contributed by atoms with van der Waals surface area (Å²) in [5, 5.41) is 8.61. The Morgan fingerprint density at radius 3 is 2.93 bits per heavy atom. The Hall–Kier alpha value is -1.36. The van der Waals surface area contributed by atoms with E-state index >= 15 is 0 Å². The SMILES string of the molecule is CN(CCCCCO)c1cc(=O)[nH]cn1. The Morgan fingerprint density at radius 1 is 1.47 bits per heavy atom. The van der Waals surface area contributed by atoms with E-state index in [4.69, 9.17) is 5.11 Å². The van der Waals surface area contributed by atoms with Crippen molar-refractivity contribution in [1.29, 1.82) is 0 Å². The highest BCUT2D eigenvalue weighted by atomic mass is 16.2. The molecule has 5 nitrogen and oxygen atoms in total. The van der Waals surface area contributed by atoms with E-state index in [2.05, 4.69) is 9.97 Å². The van der Waals surface area contributed by atoms with E-state index in [1.165, 1.54) is 12.4 Å². The zero-order chi connectivity index (χ0) is 11.1. The third-order valence-electron chi connectivity index (χ3n) is 2.21.